The normalized spacial score (nSPS) is 12.8. The molecule has 98 valence electrons. The van der Waals surface area contributed by atoms with Crippen molar-refractivity contribution >= 4 is 12.4 Å². The lowest BCUT2D eigenvalue weighted by molar-refractivity contribution is -0.154. The Morgan fingerprint density at radius 3 is 2.47 bits per heavy atom. The molecule has 0 saturated carbocycles. The van der Waals surface area contributed by atoms with E-state index in [1.165, 1.54) is 6.07 Å². The van der Waals surface area contributed by atoms with Crippen LogP contribution in [0.4, 0.5) is 13.2 Å². The molecular weight excluding hydrogens is 257 g/mol. The van der Waals surface area contributed by atoms with Gasteiger partial charge in [0.25, 0.3) is 0 Å². The molecule has 0 aliphatic carbocycles. The number of ether oxygens (including phenoxy) is 1. The molecule has 0 radical (unpaired) electrons. The summed E-state index contributed by atoms with van der Waals surface area (Å²) in [6.07, 6.45) is -4.36. The second-order valence-corrected chi connectivity index (χ2v) is 3.57. The maximum Gasteiger partial charge on any atom is 0.422 e. The summed E-state index contributed by atoms with van der Waals surface area (Å²) in [6, 6.07) is 2.86. The number of aryl methyl sites for hydroxylation is 1. The van der Waals surface area contributed by atoms with E-state index in [-0.39, 0.29) is 24.3 Å². The van der Waals surface area contributed by atoms with Gasteiger partial charge in [-0.25, -0.2) is 4.98 Å². The van der Waals surface area contributed by atoms with Crippen LogP contribution in [0.2, 0.25) is 0 Å². The Morgan fingerprint density at radius 2 is 2.00 bits per heavy atom. The molecule has 0 saturated heterocycles. The molecule has 7 heteroatoms. The van der Waals surface area contributed by atoms with Crippen LogP contribution in [0, 0.1) is 6.92 Å². The van der Waals surface area contributed by atoms with Crippen LogP contribution in [0.25, 0.3) is 0 Å². The summed E-state index contributed by atoms with van der Waals surface area (Å²) in [7, 11) is 0. The molecule has 0 aliphatic heterocycles. The first-order valence-electron chi connectivity index (χ1n) is 4.71. The Bertz CT molecular complexity index is 369. The number of rotatable bonds is 3. The van der Waals surface area contributed by atoms with Gasteiger partial charge in [0.05, 0.1) is 0 Å². The highest BCUT2D eigenvalue weighted by molar-refractivity contribution is 5.85. The molecule has 1 atom stereocenters. The second-order valence-electron chi connectivity index (χ2n) is 3.57. The molecule has 1 rings (SSSR count). The SMILES string of the molecule is Cc1cc(C(C)N)cc(OCC(F)(F)F)n1.Cl. The monoisotopic (exact) mass is 270 g/mol. The first-order chi connectivity index (χ1) is 7.28. The van der Waals surface area contributed by atoms with Gasteiger partial charge in [0.1, 0.15) is 0 Å². The molecule has 0 spiro atoms. The number of alkyl halides is 3. The minimum Gasteiger partial charge on any atom is -0.468 e. The molecule has 0 aromatic carbocycles. The third kappa shape index (κ3) is 5.74. The quantitative estimate of drug-likeness (QED) is 0.919. The van der Waals surface area contributed by atoms with Crippen LogP contribution in [0.5, 0.6) is 5.88 Å². The van der Waals surface area contributed by atoms with Gasteiger partial charge in [0.2, 0.25) is 5.88 Å². The summed E-state index contributed by atoms with van der Waals surface area (Å²) in [4.78, 5) is 3.84. The Hall–Kier alpha value is -1.01. The fourth-order valence-electron chi connectivity index (χ4n) is 1.16. The van der Waals surface area contributed by atoms with Crippen LogP contribution in [0.15, 0.2) is 12.1 Å². The van der Waals surface area contributed by atoms with Crippen molar-refractivity contribution in [3.05, 3.63) is 23.4 Å². The van der Waals surface area contributed by atoms with Crippen molar-refractivity contribution < 1.29 is 17.9 Å². The van der Waals surface area contributed by atoms with Gasteiger partial charge < -0.3 is 10.5 Å². The van der Waals surface area contributed by atoms with E-state index >= 15 is 0 Å². The van der Waals surface area contributed by atoms with Crippen molar-refractivity contribution in [3.63, 3.8) is 0 Å². The van der Waals surface area contributed by atoms with E-state index in [1.807, 2.05) is 0 Å². The van der Waals surface area contributed by atoms with E-state index < -0.39 is 12.8 Å². The highest BCUT2D eigenvalue weighted by Gasteiger charge is 2.28. The number of nitrogens with zero attached hydrogens (tertiary/aromatic N) is 1. The van der Waals surface area contributed by atoms with Crippen molar-refractivity contribution in [1.82, 2.24) is 4.98 Å². The van der Waals surface area contributed by atoms with Crippen LogP contribution in [0.1, 0.15) is 24.2 Å². The zero-order valence-electron chi connectivity index (χ0n) is 9.41. The zero-order valence-corrected chi connectivity index (χ0v) is 10.2. The lowest BCUT2D eigenvalue weighted by Crippen LogP contribution is -2.20. The third-order valence-electron chi connectivity index (χ3n) is 1.86. The molecule has 2 N–H and O–H groups in total. The Balaban J connectivity index is 0.00000256. The molecule has 0 amide bonds. The van der Waals surface area contributed by atoms with E-state index in [9.17, 15) is 13.2 Å². The van der Waals surface area contributed by atoms with Gasteiger partial charge in [-0.2, -0.15) is 13.2 Å². The first-order valence-corrected chi connectivity index (χ1v) is 4.71. The van der Waals surface area contributed by atoms with Crippen LogP contribution in [-0.4, -0.2) is 17.8 Å². The number of pyridine rings is 1. The summed E-state index contributed by atoms with van der Waals surface area (Å²) < 4.78 is 40.3. The molecule has 1 unspecified atom stereocenters. The molecule has 1 aromatic rings. The summed E-state index contributed by atoms with van der Waals surface area (Å²) in [5, 5.41) is 0. The molecular formula is C10H14ClF3N2O. The minimum atomic E-state index is -4.36. The molecule has 0 aliphatic rings. The Morgan fingerprint density at radius 1 is 1.41 bits per heavy atom. The number of hydrogen-bond acceptors (Lipinski definition) is 3. The Kier molecular flexibility index (Phi) is 5.71. The largest absolute Gasteiger partial charge is 0.468 e. The fraction of sp³-hybridized carbons (Fsp3) is 0.500. The van der Waals surface area contributed by atoms with Gasteiger partial charge >= 0.3 is 6.18 Å². The number of nitrogens with two attached hydrogens (primary N) is 1. The number of aromatic nitrogens is 1. The van der Waals surface area contributed by atoms with Crippen molar-refractivity contribution in [2.75, 3.05) is 6.61 Å². The molecule has 0 bridgehead atoms. The zero-order chi connectivity index (χ0) is 12.3. The van der Waals surface area contributed by atoms with E-state index in [0.29, 0.717) is 11.3 Å². The van der Waals surface area contributed by atoms with Gasteiger partial charge in [0.15, 0.2) is 6.61 Å². The summed E-state index contributed by atoms with van der Waals surface area (Å²) in [5.74, 6) is -0.0513. The average molecular weight is 271 g/mol. The number of halogens is 4. The maximum atomic E-state index is 11.9. The molecule has 0 fully saturated rings. The van der Waals surface area contributed by atoms with Crippen molar-refractivity contribution in [3.8, 4) is 5.88 Å². The molecule has 3 nitrogen and oxygen atoms in total. The van der Waals surface area contributed by atoms with Crippen LogP contribution in [0.3, 0.4) is 0 Å². The van der Waals surface area contributed by atoms with Crippen molar-refractivity contribution in [2.24, 2.45) is 5.73 Å². The van der Waals surface area contributed by atoms with Crippen molar-refractivity contribution in [2.45, 2.75) is 26.1 Å². The highest BCUT2D eigenvalue weighted by Crippen LogP contribution is 2.20. The Labute approximate surface area is 104 Å². The average Bonchev–Trinajstić information content (AvgIpc) is 2.13. The van der Waals surface area contributed by atoms with Gasteiger partial charge in [0, 0.05) is 17.8 Å². The van der Waals surface area contributed by atoms with Crippen LogP contribution >= 0.6 is 12.4 Å². The van der Waals surface area contributed by atoms with Gasteiger partial charge in [-0.15, -0.1) is 12.4 Å². The van der Waals surface area contributed by atoms with E-state index in [1.54, 1.807) is 19.9 Å². The predicted octanol–water partition coefficient (Wildman–Crippen LogP) is 2.77. The summed E-state index contributed by atoms with van der Waals surface area (Å²) in [6.45, 7) is 2.07. The number of hydrogen-bond donors (Lipinski definition) is 1. The minimum absolute atomic E-state index is 0. The van der Waals surface area contributed by atoms with E-state index in [0.717, 1.165) is 0 Å². The predicted molar refractivity (Wildman–Crippen MR) is 60.4 cm³/mol. The molecule has 1 heterocycles. The van der Waals surface area contributed by atoms with E-state index in [4.69, 9.17) is 5.73 Å². The van der Waals surface area contributed by atoms with Gasteiger partial charge in [-0.1, -0.05) is 0 Å². The third-order valence-corrected chi connectivity index (χ3v) is 1.86. The fourth-order valence-corrected chi connectivity index (χ4v) is 1.16. The smallest absolute Gasteiger partial charge is 0.422 e. The van der Waals surface area contributed by atoms with Crippen molar-refractivity contribution in [1.29, 1.82) is 0 Å². The molecule has 1 aromatic heterocycles. The summed E-state index contributed by atoms with van der Waals surface area (Å²) in [5.41, 5.74) is 6.90. The standard InChI is InChI=1S/C10H13F3N2O.ClH/c1-6-3-8(7(2)14)4-9(15-6)16-5-10(11,12)13;/h3-4,7H,5,14H2,1-2H3;1H. The highest BCUT2D eigenvalue weighted by atomic mass is 35.5. The lowest BCUT2D eigenvalue weighted by Gasteiger charge is -2.12. The maximum absolute atomic E-state index is 11.9. The van der Waals surface area contributed by atoms with E-state index in [2.05, 4.69) is 9.72 Å². The van der Waals surface area contributed by atoms with Crippen LogP contribution < -0.4 is 10.5 Å². The van der Waals surface area contributed by atoms with Crippen LogP contribution in [-0.2, 0) is 0 Å². The molecule has 17 heavy (non-hydrogen) atoms. The first kappa shape index (κ1) is 16.0. The van der Waals surface area contributed by atoms with Gasteiger partial charge in [-0.05, 0) is 25.5 Å². The summed E-state index contributed by atoms with van der Waals surface area (Å²) >= 11 is 0. The topological polar surface area (TPSA) is 48.1 Å². The second kappa shape index (κ2) is 6.07. The lowest BCUT2D eigenvalue weighted by atomic mass is 10.1. The van der Waals surface area contributed by atoms with Gasteiger partial charge in [-0.3, -0.25) is 0 Å².